The second-order valence-corrected chi connectivity index (χ2v) is 16.4. The van der Waals surface area contributed by atoms with E-state index < -0.39 is 0 Å². The summed E-state index contributed by atoms with van der Waals surface area (Å²) in [7, 11) is 0. The lowest BCUT2D eigenvalue weighted by molar-refractivity contribution is 1.35. The molecule has 2 heteroatoms. The van der Waals surface area contributed by atoms with Crippen molar-refractivity contribution in [3.05, 3.63) is 243 Å². The molecule has 2 aliphatic rings. The fraction of sp³-hybridized carbons (Fsp3) is 0. The molecule has 0 saturated carbocycles. The summed E-state index contributed by atoms with van der Waals surface area (Å²) in [5.74, 6) is 0. The molecule has 62 heavy (non-hydrogen) atoms. The summed E-state index contributed by atoms with van der Waals surface area (Å²) in [4.78, 5) is 2.61. The molecule has 1 nitrogen and oxygen atoms in total. The van der Waals surface area contributed by atoms with E-state index in [4.69, 9.17) is 0 Å². The number of rotatable bonds is 6. The Balaban J connectivity index is 1.05. The van der Waals surface area contributed by atoms with E-state index in [9.17, 15) is 0 Å². The van der Waals surface area contributed by atoms with E-state index in [1.54, 1.807) is 0 Å². The molecular weight excluding hydrogens is 745 g/mol. The third-order valence-corrected chi connectivity index (χ3v) is 12.9. The molecule has 0 unspecified atom stereocenters. The Morgan fingerprint density at radius 3 is 0.968 bits per heavy atom. The summed E-state index contributed by atoms with van der Waals surface area (Å²) in [5, 5.41) is 0. The third kappa shape index (κ3) is 6.03. The minimum atomic E-state index is 0.0293. The van der Waals surface area contributed by atoms with Gasteiger partial charge in [-0.05, 0) is 125 Å². The highest BCUT2D eigenvalue weighted by atomic mass is 15.1. The van der Waals surface area contributed by atoms with Crippen molar-refractivity contribution >= 4 is 29.1 Å². The van der Waals surface area contributed by atoms with Crippen LogP contribution in [0.25, 0.3) is 89.0 Å². The average Bonchev–Trinajstić information content (AvgIpc) is 3.36. The third-order valence-electron chi connectivity index (χ3n) is 12.9. The van der Waals surface area contributed by atoms with E-state index in [2.05, 4.69) is 247 Å². The lowest BCUT2D eigenvalue weighted by Crippen LogP contribution is -2.59. The van der Waals surface area contributed by atoms with Gasteiger partial charge < -0.3 is 4.81 Å². The summed E-state index contributed by atoms with van der Waals surface area (Å²) in [5.41, 5.74) is 24.7. The van der Waals surface area contributed by atoms with Crippen LogP contribution in [0.4, 0.5) is 11.4 Å². The number of anilines is 2. The summed E-state index contributed by atoms with van der Waals surface area (Å²) >= 11 is 0. The van der Waals surface area contributed by atoms with Crippen molar-refractivity contribution in [2.24, 2.45) is 0 Å². The molecule has 0 bridgehead atoms. The molecule has 12 rings (SSSR count). The zero-order chi connectivity index (χ0) is 41.0. The van der Waals surface area contributed by atoms with Crippen LogP contribution in [-0.4, -0.2) is 6.85 Å². The van der Waals surface area contributed by atoms with Crippen molar-refractivity contribution in [3.63, 3.8) is 0 Å². The molecule has 10 aromatic rings. The maximum Gasteiger partial charge on any atom is 0.329 e. The van der Waals surface area contributed by atoms with Gasteiger partial charge in [-0.2, -0.15) is 0 Å². The van der Waals surface area contributed by atoms with Gasteiger partial charge in [0.25, 0.3) is 0 Å². The summed E-state index contributed by atoms with van der Waals surface area (Å²) in [6, 6.07) is 89.3. The maximum absolute atomic E-state index is 2.61. The molecule has 0 amide bonds. The Labute approximate surface area is 364 Å². The monoisotopic (exact) mass is 785 g/mol. The smallest absolute Gasteiger partial charge is 0.329 e. The molecule has 2 heterocycles. The molecular formula is C60H40BN. The van der Waals surface area contributed by atoms with Gasteiger partial charge in [-0.1, -0.05) is 206 Å². The average molecular weight is 786 g/mol. The summed E-state index contributed by atoms with van der Waals surface area (Å²) in [6.07, 6.45) is 0. The highest BCUT2D eigenvalue weighted by molar-refractivity contribution is 6.92. The number of hydrogen-bond acceptors (Lipinski definition) is 1. The van der Waals surface area contributed by atoms with E-state index in [1.807, 2.05) is 0 Å². The quantitative estimate of drug-likeness (QED) is 0.152. The van der Waals surface area contributed by atoms with Gasteiger partial charge in [0.1, 0.15) is 0 Å². The van der Waals surface area contributed by atoms with E-state index in [0.29, 0.717) is 0 Å². The molecule has 2 aliphatic heterocycles. The molecule has 0 radical (unpaired) electrons. The molecule has 0 aromatic heterocycles. The molecule has 288 valence electrons. The van der Waals surface area contributed by atoms with Crippen molar-refractivity contribution in [2.45, 2.75) is 0 Å². The van der Waals surface area contributed by atoms with Crippen LogP contribution in [0, 0.1) is 0 Å². The molecule has 0 atom stereocenters. The minimum absolute atomic E-state index is 0.0293. The SMILES string of the molecule is c1ccc(-c2ccc(-c3ccccc3)c(-c3ccc4c(c3)-c3ccccc3B3c5ccccc5-c5cc(-c6cc(-c7ccccc7)ccc6-c6ccccc6)ccc5N34)c2)cc1. The highest BCUT2D eigenvalue weighted by Crippen LogP contribution is 2.49. The van der Waals surface area contributed by atoms with Gasteiger partial charge in [-0.15, -0.1) is 0 Å². The van der Waals surface area contributed by atoms with Gasteiger partial charge in [0, 0.05) is 22.5 Å². The molecule has 10 aromatic carbocycles. The van der Waals surface area contributed by atoms with E-state index in [0.717, 1.165) is 0 Å². The largest absolute Gasteiger partial charge is 0.376 e. The van der Waals surface area contributed by atoms with Gasteiger partial charge in [0.15, 0.2) is 0 Å². The Morgan fingerprint density at radius 1 is 0.210 bits per heavy atom. The van der Waals surface area contributed by atoms with Crippen LogP contribution < -0.4 is 15.7 Å². The van der Waals surface area contributed by atoms with Gasteiger partial charge in [0.2, 0.25) is 0 Å². The van der Waals surface area contributed by atoms with Crippen molar-refractivity contribution in [3.8, 4) is 89.0 Å². The second kappa shape index (κ2) is 15.0. The van der Waals surface area contributed by atoms with E-state index in [-0.39, 0.29) is 6.85 Å². The van der Waals surface area contributed by atoms with Gasteiger partial charge in [-0.25, -0.2) is 0 Å². The van der Waals surface area contributed by atoms with Gasteiger partial charge in [-0.3, -0.25) is 0 Å². The Bertz CT molecular complexity index is 3060. The maximum atomic E-state index is 2.61. The lowest BCUT2D eigenvalue weighted by Gasteiger charge is -2.43. The van der Waals surface area contributed by atoms with Crippen molar-refractivity contribution in [1.82, 2.24) is 0 Å². The molecule has 0 fully saturated rings. The van der Waals surface area contributed by atoms with Crippen LogP contribution in [0.15, 0.2) is 243 Å². The molecule has 0 N–H and O–H groups in total. The highest BCUT2D eigenvalue weighted by Gasteiger charge is 2.42. The van der Waals surface area contributed by atoms with Crippen LogP contribution >= 0.6 is 0 Å². The second-order valence-electron chi connectivity index (χ2n) is 16.4. The standard InChI is InChI=1S/C60H40BN/c1-5-17-41(18-6-1)45-29-33-49(43-21-9-3-10-22-43)53(37-45)47-31-35-59-55(39-47)51-25-13-15-27-57(51)61-58-28-16-14-26-52(58)56-40-48(32-36-60(56)62(59)61)54-38-46(42-19-7-2-8-20-42)30-34-50(54)44-23-11-4-12-24-44/h1-40H. The first-order valence-electron chi connectivity index (χ1n) is 21.5. The Morgan fingerprint density at radius 2 is 0.548 bits per heavy atom. The first-order valence-corrected chi connectivity index (χ1v) is 21.5. The van der Waals surface area contributed by atoms with Crippen LogP contribution in [0.2, 0.25) is 0 Å². The zero-order valence-electron chi connectivity index (χ0n) is 34.1. The molecule has 0 saturated heterocycles. The van der Waals surface area contributed by atoms with Crippen LogP contribution in [0.1, 0.15) is 0 Å². The number of fused-ring (bicyclic) bond motifs is 11. The van der Waals surface area contributed by atoms with E-state index in [1.165, 1.54) is 111 Å². The van der Waals surface area contributed by atoms with Crippen LogP contribution in [0.5, 0.6) is 0 Å². The number of benzene rings is 10. The Kier molecular flexibility index (Phi) is 8.68. The topological polar surface area (TPSA) is 3.24 Å². The molecule has 0 aliphatic carbocycles. The summed E-state index contributed by atoms with van der Waals surface area (Å²) < 4.78 is 0. The zero-order valence-corrected chi connectivity index (χ0v) is 34.1. The Hall–Kier alpha value is -7.94. The molecule has 0 spiro atoms. The number of hydrogen-bond donors (Lipinski definition) is 0. The predicted molar refractivity (Wildman–Crippen MR) is 264 cm³/mol. The lowest BCUT2D eigenvalue weighted by atomic mass is 9.43. The fourth-order valence-electron chi connectivity index (χ4n) is 10.00. The van der Waals surface area contributed by atoms with E-state index >= 15 is 0 Å². The van der Waals surface area contributed by atoms with Gasteiger partial charge >= 0.3 is 6.85 Å². The first-order chi connectivity index (χ1) is 30.8. The normalized spacial score (nSPS) is 12.1. The first kappa shape index (κ1) is 36.0. The summed E-state index contributed by atoms with van der Waals surface area (Å²) in [6.45, 7) is 0.0293. The van der Waals surface area contributed by atoms with Crippen molar-refractivity contribution < 1.29 is 0 Å². The fourth-order valence-corrected chi connectivity index (χ4v) is 10.00. The van der Waals surface area contributed by atoms with Crippen LogP contribution in [-0.2, 0) is 0 Å². The number of nitrogens with zero attached hydrogens (tertiary/aromatic N) is 1. The van der Waals surface area contributed by atoms with Gasteiger partial charge in [0.05, 0.1) is 0 Å². The van der Waals surface area contributed by atoms with Crippen LogP contribution in [0.3, 0.4) is 0 Å². The van der Waals surface area contributed by atoms with Crippen molar-refractivity contribution in [2.75, 3.05) is 4.81 Å². The minimum Gasteiger partial charge on any atom is -0.376 e. The predicted octanol–water partition coefficient (Wildman–Crippen LogP) is 14.6. The van der Waals surface area contributed by atoms with Crippen molar-refractivity contribution in [1.29, 1.82) is 0 Å².